The molecule has 0 bridgehead atoms. The van der Waals surface area contributed by atoms with E-state index in [1.54, 1.807) is 0 Å². The molecular formula is C12H15NO3. The highest BCUT2D eigenvalue weighted by atomic mass is 16.7. The molecule has 1 amide bonds. The molecule has 0 aromatic heterocycles. The van der Waals surface area contributed by atoms with Gasteiger partial charge in [-0.05, 0) is 19.1 Å². The highest BCUT2D eigenvalue weighted by Crippen LogP contribution is 2.31. The number of carbonyl (C=O) groups excluding carboxylic acids is 1. The van der Waals surface area contributed by atoms with E-state index in [0.29, 0.717) is 13.2 Å². The van der Waals surface area contributed by atoms with Crippen molar-refractivity contribution in [3.63, 3.8) is 0 Å². The van der Waals surface area contributed by atoms with Crippen LogP contribution in [-0.2, 0) is 20.1 Å². The van der Waals surface area contributed by atoms with Crippen molar-refractivity contribution < 1.29 is 14.3 Å². The van der Waals surface area contributed by atoms with Crippen molar-refractivity contribution >= 4 is 11.6 Å². The van der Waals surface area contributed by atoms with Crippen LogP contribution in [0.4, 0.5) is 5.69 Å². The summed E-state index contributed by atoms with van der Waals surface area (Å²) in [4.78, 5) is 10.9. The second-order valence-corrected chi connectivity index (χ2v) is 3.90. The fourth-order valence-electron chi connectivity index (χ4n) is 1.74. The molecule has 1 saturated heterocycles. The van der Waals surface area contributed by atoms with Crippen LogP contribution in [0.2, 0.25) is 0 Å². The quantitative estimate of drug-likeness (QED) is 0.829. The van der Waals surface area contributed by atoms with Crippen LogP contribution < -0.4 is 5.32 Å². The normalized spacial score (nSPS) is 18.4. The number of carbonyl (C=O) groups is 1. The average molecular weight is 221 g/mol. The second kappa shape index (κ2) is 4.23. The third kappa shape index (κ3) is 2.23. The Morgan fingerprint density at radius 2 is 1.81 bits per heavy atom. The second-order valence-electron chi connectivity index (χ2n) is 3.90. The lowest BCUT2D eigenvalue weighted by Gasteiger charge is -2.22. The maximum absolute atomic E-state index is 10.9. The number of hydrogen-bond donors (Lipinski definition) is 1. The predicted molar refractivity (Wildman–Crippen MR) is 60.0 cm³/mol. The molecular weight excluding hydrogens is 206 g/mol. The van der Waals surface area contributed by atoms with Gasteiger partial charge in [-0.25, -0.2) is 0 Å². The molecule has 0 radical (unpaired) electrons. The van der Waals surface area contributed by atoms with Crippen LogP contribution >= 0.6 is 0 Å². The third-order valence-corrected chi connectivity index (χ3v) is 2.57. The fourth-order valence-corrected chi connectivity index (χ4v) is 1.74. The minimum Gasteiger partial charge on any atom is -0.344 e. The summed E-state index contributed by atoms with van der Waals surface area (Å²) >= 11 is 0. The first-order valence-electron chi connectivity index (χ1n) is 5.26. The van der Waals surface area contributed by atoms with Gasteiger partial charge in [-0.2, -0.15) is 0 Å². The minimum atomic E-state index is -0.644. The molecule has 0 aliphatic carbocycles. The highest BCUT2D eigenvalue weighted by molar-refractivity contribution is 5.88. The van der Waals surface area contributed by atoms with Gasteiger partial charge in [0, 0.05) is 18.2 Å². The summed E-state index contributed by atoms with van der Waals surface area (Å²) in [7, 11) is 0. The topological polar surface area (TPSA) is 47.6 Å². The molecule has 1 heterocycles. The summed E-state index contributed by atoms with van der Waals surface area (Å²) in [5.74, 6) is -0.721. The van der Waals surface area contributed by atoms with E-state index in [4.69, 9.17) is 9.47 Å². The van der Waals surface area contributed by atoms with Gasteiger partial charge in [-0.3, -0.25) is 4.79 Å². The number of amides is 1. The summed E-state index contributed by atoms with van der Waals surface area (Å²) in [5, 5.41) is 2.71. The lowest BCUT2D eigenvalue weighted by atomic mass is 10.1. The zero-order chi connectivity index (χ0) is 11.6. The van der Waals surface area contributed by atoms with Crippen molar-refractivity contribution in [1.29, 1.82) is 0 Å². The van der Waals surface area contributed by atoms with E-state index in [-0.39, 0.29) is 5.91 Å². The van der Waals surface area contributed by atoms with Gasteiger partial charge in [0.2, 0.25) is 5.91 Å². The Labute approximate surface area is 94.6 Å². The molecule has 0 spiro atoms. The lowest BCUT2D eigenvalue weighted by Crippen LogP contribution is -2.22. The van der Waals surface area contributed by atoms with Gasteiger partial charge in [0.05, 0.1) is 13.2 Å². The molecule has 2 rings (SSSR count). The van der Waals surface area contributed by atoms with E-state index in [0.717, 1.165) is 11.3 Å². The van der Waals surface area contributed by atoms with Crippen molar-refractivity contribution in [2.75, 3.05) is 18.5 Å². The standard InChI is InChI=1S/C12H15NO3/c1-9(14)13-11-5-3-10(4-6-11)12(2)15-7-8-16-12/h3-6H,7-8H2,1-2H3,(H,13,14). The Bertz CT molecular complexity index is 380. The largest absolute Gasteiger partial charge is 0.344 e. The Balaban J connectivity index is 2.15. The predicted octanol–water partition coefficient (Wildman–Crippen LogP) is 1.86. The van der Waals surface area contributed by atoms with Crippen molar-refractivity contribution in [3.8, 4) is 0 Å². The van der Waals surface area contributed by atoms with Crippen LogP contribution in [0.25, 0.3) is 0 Å². The van der Waals surface area contributed by atoms with Crippen molar-refractivity contribution in [2.24, 2.45) is 0 Å². The number of hydrogen-bond acceptors (Lipinski definition) is 3. The van der Waals surface area contributed by atoms with E-state index in [9.17, 15) is 4.79 Å². The Hall–Kier alpha value is -1.39. The van der Waals surface area contributed by atoms with Gasteiger partial charge in [0.1, 0.15) is 0 Å². The zero-order valence-electron chi connectivity index (χ0n) is 9.45. The monoisotopic (exact) mass is 221 g/mol. The molecule has 0 saturated carbocycles. The first-order valence-corrected chi connectivity index (χ1v) is 5.26. The summed E-state index contributed by atoms with van der Waals surface area (Å²) in [6, 6.07) is 7.48. The van der Waals surface area contributed by atoms with Crippen molar-refractivity contribution in [1.82, 2.24) is 0 Å². The van der Waals surface area contributed by atoms with Crippen LogP contribution in [0.1, 0.15) is 19.4 Å². The van der Waals surface area contributed by atoms with Gasteiger partial charge in [0.25, 0.3) is 0 Å². The average Bonchev–Trinajstić information content (AvgIpc) is 2.66. The van der Waals surface area contributed by atoms with Crippen LogP contribution in [0.5, 0.6) is 0 Å². The highest BCUT2D eigenvalue weighted by Gasteiger charge is 2.32. The number of ether oxygens (including phenoxy) is 2. The SMILES string of the molecule is CC(=O)Nc1ccc(C2(C)OCCO2)cc1. The number of benzene rings is 1. The fraction of sp³-hybridized carbons (Fsp3) is 0.417. The molecule has 1 aromatic rings. The Morgan fingerprint density at radius 1 is 1.25 bits per heavy atom. The minimum absolute atomic E-state index is 0.0765. The molecule has 1 aromatic carbocycles. The molecule has 0 atom stereocenters. The van der Waals surface area contributed by atoms with Crippen molar-refractivity contribution in [3.05, 3.63) is 29.8 Å². The van der Waals surface area contributed by atoms with E-state index < -0.39 is 5.79 Å². The molecule has 86 valence electrons. The number of rotatable bonds is 2. The molecule has 4 nitrogen and oxygen atoms in total. The van der Waals surface area contributed by atoms with E-state index >= 15 is 0 Å². The van der Waals surface area contributed by atoms with Crippen molar-refractivity contribution in [2.45, 2.75) is 19.6 Å². The van der Waals surface area contributed by atoms with Crippen LogP contribution in [0.3, 0.4) is 0 Å². The summed E-state index contributed by atoms with van der Waals surface area (Å²) in [5.41, 5.74) is 1.73. The first kappa shape index (κ1) is 11.1. The number of anilines is 1. The van der Waals surface area contributed by atoms with Gasteiger partial charge in [-0.1, -0.05) is 12.1 Å². The molecule has 1 N–H and O–H groups in total. The maximum atomic E-state index is 10.9. The van der Waals surface area contributed by atoms with Gasteiger partial charge in [-0.15, -0.1) is 0 Å². The first-order chi connectivity index (χ1) is 7.60. The summed E-state index contributed by atoms with van der Waals surface area (Å²) < 4.78 is 11.1. The summed E-state index contributed by atoms with van der Waals surface area (Å²) in [6.07, 6.45) is 0. The number of nitrogens with one attached hydrogen (secondary N) is 1. The lowest BCUT2D eigenvalue weighted by molar-refractivity contribution is -0.149. The maximum Gasteiger partial charge on any atom is 0.221 e. The molecule has 16 heavy (non-hydrogen) atoms. The van der Waals surface area contributed by atoms with Crippen LogP contribution in [0, 0.1) is 0 Å². The Kier molecular flexibility index (Phi) is 2.94. The van der Waals surface area contributed by atoms with Crippen LogP contribution in [-0.4, -0.2) is 19.1 Å². The van der Waals surface area contributed by atoms with Gasteiger partial charge in [0.15, 0.2) is 5.79 Å². The Morgan fingerprint density at radius 3 is 2.31 bits per heavy atom. The summed E-state index contributed by atoms with van der Waals surface area (Å²) in [6.45, 7) is 4.61. The molecule has 1 aliphatic heterocycles. The molecule has 4 heteroatoms. The van der Waals surface area contributed by atoms with E-state index in [1.807, 2.05) is 31.2 Å². The zero-order valence-corrected chi connectivity index (χ0v) is 9.45. The van der Waals surface area contributed by atoms with Gasteiger partial charge >= 0.3 is 0 Å². The molecule has 1 fully saturated rings. The van der Waals surface area contributed by atoms with Gasteiger partial charge < -0.3 is 14.8 Å². The smallest absolute Gasteiger partial charge is 0.221 e. The van der Waals surface area contributed by atoms with E-state index in [1.165, 1.54) is 6.92 Å². The van der Waals surface area contributed by atoms with E-state index in [2.05, 4.69) is 5.32 Å². The third-order valence-electron chi connectivity index (χ3n) is 2.57. The molecule has 0 unspecified atom stereocenters. The molecule has 1 aliphatic rings. The van der Waals surface area contributed by atoms with Crippen LogP contribution in [0.15, 0.2) is 24.3 Å².